The van der Waals surface area contributed by atoms with Crippen molar-refractivity contribution in [3.05, 3.63) is 18.0 Å². The largest absolute Gasteiger partial charge is 0.480 e. The van der Waals surface area contributed by atoms with Crippen LogP contribution in [-0.2, 0) is 23.1 Å². The second-order valence-corrected chi connectivity index (χ2v) is 4.72. The summed E-state index contributed by atoms with van der Waals surface area (Å²) in [7, 11) is 1.91. The molecule has 1 saturated heterocycles. The van der Waals surface area contributed by atoms with Crippen molar-refractivity contribution in [1.82, 2.24) is 14.7 Å². The topological polar surface area (TPSA) is 67.6 Å². The first kappa shape index (κ1) is 12.1. The van der Waals surface area contributed by atoms with Gasteiger partial charge in [-0.3, -0.25) is 9.58 Å². The van der Waals surface area contributed by atoms with Gasteiger partial charge in [0.15, 0.2) is 0 Å². The number of carboxylic acids is 1. The van der Waals surface area contributed by atoms with E-state index in [0.717, 1.165) is 25.3 Å². The number of rotatable bonds is 5. The molecule has 0 spiro atoms. The molecule has 0 saturated carbocycles. The maximum Gasteiger partial charge on any atom is 0.329 e. The molecule has 6 nitrogen and oxygen atoms in total. The summed E-state index contributed by atoms with van der Waals surface area (Å²) in [6, 6.07) is 1.98. The molecule has 0 radical (unpaired) electrons. The summed E-state index contributed by atoms with van der Waals surface area (Å²) < 4.78 is 7.18. The van der Waals surface area contributed by atoms with E-state index in [1.54, 1.807) is 6.20 Å². The van der Waals surface area contributed by atoms with E-state index >= 15 is 0 Å². The molecule has 2 heterocycles. The van der Waals surface area contributed by atoms with Gasteiger partial charge in [0.2, 0.25) is 0 Å². The zero-order chi connectivity index (χ0) is 12.5. The molecule has 0 atom stereocenters. The van der Waals surface area contributed by atoms with E-state index < -0.39 is 5.97 Å². The van der Waals surface area contributed by atoms with Crippen molar-refractivity contribution in [2.24, 2.45) is 7.05 Å². The smallest absolute Gasteiger partial charge is 0.329 e. The highest BCUT2D eigenvalue weighted by atomic mass is 16.5. The lowest BCUT2D eigenvalue weighted by Crippen LogP contribution is -2.61. The predicted molar refractivity (Wildman–Crippen MR) is 60.5 cm³/mol. The number of carboxylic acid groups (broad SMARTS) is 1. The molecule has 1 aliphatic heterocycles. The van der Waals surface area contributed by atoms with Crippen molar-refractivity contribution in [2.45, 2.75) is 19.1 Å². The van der Waals surface area contributed by atoms with Gasteiger partial charge in [0.25, 0.3) is 0 Å². The molecule has 0 aromatic carbocycles. The van der Waals surface area contributed by atoms with Crippen LogP contribution in [0.4, 0.5) is 0 Å². The van der Waals surface area contributed by atoms with E-state index in [1.165, 1.54) is 0 Å². The lowest BCUT2D eigenvalue weighted by molar-refractivity contribution is -0.166. The van der Waals surface area contributed by atoms with Crippen LogP contribution < -0.4 is 0 Å². The van der Waals surface area contributed by atoms with Crippen LogP contribution in [0.2, 0.25) is 0 Å². The Hall–Kier alpha value is -1.40. The van der Waals surface area contributed by atoms with Gasteiger partial charge in [-0.05, 0) is 13.0 Å². The Balaban J connectivity index is 1.78. The van der Waals surface area contributed by atoms with Crippen molar-refractivity contribution >= 4 is 5.97 Å². The first-order valence-corrected chi connectivity index (χ1v) is 5.53. The number of aryl methyl sites for hydroxylation is 1. The normalized spacial score (nSPS) is 18.9. The van der Waals surface area contributed by atoms with Crippen LogP contribution in [-0.4, -0.2) is 51.1 Å². The number of aliphatic carboxylic acids is 1. The third-order valence-electron chi connectivity index (χ3n) is 2.97. The maximum absolute atomic E-state index is 10.4. The fourth-order valence-corrected chi connectivity index (χ4v) is 2.12. The number of hydrogen-bond donors (Lipinski definition) is 1. The fourth-order valence-electron chi connectivity index (χ4n) is 2.12. The molecule has 1 aromatic rings. The number of hydrogen-bond acceptors (Lipinski definition) is 4. The number of carbonyl (C=O) groups is 1. The van der Waals surface area contributed by atoms with Gasteiger partial charge in [-0.25, -0.2) is 4.79 Å². The molecule has 0 amide bonds. The summed E-state index contributed by atoms with van der Waals surface area (Å²) in [4.78, 5) is 12.6. The lowest BCUT2D eigenvalue weighted by atomic mass is 9.96. The van der Waals surface area contributed by atoms with Crippen LogP contribution in [0.1, 0.15) is 12.6 Å². The lowest BCUT2D eigenvalue weighted by Gasteiger charge is -2.47. The zero-order valence-corrected chi connectivity index (χ0v) is 10.1. The zero-order valence-electron chi connectivity index (χ0n) is 10.1. The van der Waals surface area contributed by atoms with Gasteiger partial charge in [0, 0.05) is 32.9 Å². The van der Waals surface area contributed by atoms with Gasteiger partial charge < -0.3 is 9.84 Å². The molecule has 1 N–H and O–H groups in total. The molecular formula is C11H17N3O3. The Labute approximate surface area is 99.8 Å². The molecule has 2 rings (SSSR count). The van der Waals surface area contributed by atoms with Crippen molar-refractivity contribution in [1.29, 1.82) is 0 Å². The maximum atomic E-state index is 10.4. The summed E-state index contributed by atoms with van der Waals surface area (Å²) in [5.74, 6) is -0.920. The quantitative estimate of drug-likeness (QED) is 0.789. The number of nitrogens with zero attached hydrogens (tertiary/aromatic N) is 3. The molecule has 1 fully saturated rings. The molecule has 0 aliphatic carbocycles. The highest BCUT2D eigenvalue weighted by Crippen LogP contribution is 2.25. The van der Waals surface area contributed by atoms with Gasteiger partial charge in [-0.15, -0.1) is 0 Å². The highest BCUT2D eigenvalue weighted by molar-refractivity contribution is 5.68. The minimum Gasteiger partial charge on any atom is -0.480 e. The molecule has 0 unspecified atom stereocenters. The highest BCUT2D eigenvalue weighted by Gasteiger charge is 2.40. The Bertz CT molecular complexity index is 410. The van der Waals surface area contributed by atoms with Crippen LogP contribution in [0.3, 0.4) is 0 Å². The van der Waals surface area contributed by atoms with Gasteiger partial charge in [0.1, 0.15) is 6.61 Å². The van der Waals surface area contributed by atoms with Gasteiger partial charge in [-0.1, -0.05) is 0 Å². The molecular weight excluding hydrogens is 222 g/mol. The van der Waals surface area contributed by atoms with E-state index in [2.05, 4.69) is 10.00 Å². The first-order chi connectivity index (χ1) is 7.98. The Morgan fingerprint density at radius 2 is 2.35 bits per heavy atom. The molecule has 17 heavy (non-hydrogen) atoms. The van der Waals surface area contributed by atoms with E-state index in [0.29, 0.717) is 0 Å². The second-order valence-electron chi connectivity index (χ2n) is 4.72. The Morgan fingerprint density at radius 3 is 2.88 bits per heavy atom. The van der Waals surface area contributed by atoms with Crippen molar-refractivity contribution in [2.75, 3.05) is 19.7 Å². The summed E-state index contributed by atoms with van der Waals surface area (Å²) in [5, 5.41) is 12.7. The SMILES string of the molecule is Cn1nccc1CN1CC(C)(OCC(=O)O)C1. The number of likely N-dealkylation sites (tertiary alicyclic amines) is 1. The van der Waals surface area contributed by atoms with Crippen LogP contribution in [0.5, 0.6) is 0 Å². The van der Waals surface area contributed by atoms with Crippen molar-refractivity contribution in [3.63, 3.8) is 0 Å². The van der Waals surface area contributed by atoms with Crippen LogP contribution in [0, 0.1) is 0 Å². The summed E-state index contributed by atoms with van der Waals surface area (Å²) in [5.41, 5.74) is 0.821. The van der Waals surface area contributed by atoms with E-state index in [9.17, 15) is 4.79 Å². The minimum absolute atomic E-state index is 0.226. The monoisotopic (exact) mass is 239 g/mol. The molecule has 94 valence electrons. The predicted octanol–water partition coefficient (Wildman–Crippen LogP) is 0.0956. The third-order valence-corrected chi connectivity index (χ3v) is 2.97. The molecule has 0 bridgehead atoms. The van der Waals surface area contributed by atoms with Gasteiger partial charge in [0.05, 0.1) is 11.3 Å². The first-order valence-electron chi connectivity index (χ1n) is 5.53. The van der Waals surface area contributed by atoms with Crippen LogP contribution in [0.25, 0.3) is 0 Å². The molecule has 6 heteroatoms. The average Bonchev–Trinajstić information content (AvgIpc) is 2.59. The van der Waals surface area contributed by atoms with E-state index in [4.69, 9.17) is 9.84 Å². The second kappa shape index (κ2) is 4.46. The third kappa shape index (κ3) is 2.83. The summed E-state index contributed by atoms with van der Waals surface area (Å²) in [6.45, 7) is 4.05. The minimum atomic E-state index is -0.920. The Kier molecular flexibility index (Phi) is 3.17. The summed E-state index contributed by atoms with van der Waals surface area (Å²) in [6.07, 6.45) is 1.77. The van der Waals surface area contributed by atoms with Crippen LogP contribution in [0.15, 0.2) is 12.3 Å². The van der Waals surface area contributed by atoms with E-state index in [-0.39, 0.29) is 12.2 Å². The fraction of sp³-hybridized carbons (Fsp3) is 0.636. The molecule has 1 aliphatic rings. The van der Waals surface area contributed by atoms with Crippen LogP contribution >= 0.6 is 0 Å². The summed E-state index contributed by atoms with van der Waals surface area (Å²) >= 11 is 0. The number of aromatic nitrogens is 2. The molecule has 1 aromatic heterocycles. The van der Waals surface area contributed by atoms with Crippen molar-refractivity contribution in [3.8, 4) is 0 Å². The average molecular weight is 239 g/mol. The van der Waals surface area contributed by atoms with E-state index in [1.807, 2.05) is 24.7 Å². The van der Waals surface area contributed by atoms with Gasteiger partial charge in [-0.2, -0.15) is 5.10 Å². The van der Waals surface area contributed by atoms with Crippen molar-refractivity contribution < 1.29 is 14.6 Å². The Morgan fingerprint density at radius 1 is 1.65 bits per heavy atom. The van der Waals surface area contributed by atoms with Gasteiger partial charge >= 0.3 is 5.97 Å². The standard InChI is InChI=1S/C11H17N3O3/c1-11(17-6-10(15)16)7-14(8-11)5-9-3-4-12-13(9)2/h3-4H,5-8H2,1-2H3,(H,15,16). The number of ether oxygens (including phenoxy) is 1.